The van der Waals surface area contributed by atoms with Gasteiger partial charge in [-0.2, -0.15) is 0 Å². The zero-order valence-corrected chi connectivity index (χ0v) is 12.3. The highest BCUT2D eigenvalue weighted by Crippen LogP contribution is 2.19. The second-order valence-electron chi connectivity index (χ2n) is 4.41. The summed E-state index contributed by atoms with van der Waals surface area (Å²) in [5, 5.41) is 10.7. The van der Waals surface area contributed by atoms with Crippen molar-refractivity contribution in [3.63, 3.8) is 0 Å². The van der Waals surface area contributed by atoms with Gasteiger partial charge >= 0.3 is 5.97 Å². The summed E-state index contributed by atoms with van der Waals surface area (Å²) in [4.78, 5) is 15.8. The molecule has 1 aromatic carbocycles. The zero-order chi connectivity index (χ0) is 15.0. The molecule has 21 heavy (non-hydrogen) atoms. The van der Waals surface area contributed by atoms with Crippen LogP contribution in [0, 0.1) is 0 Å². The van der Waals surface area contributed by atoms with Crippen molar-refractivity contribution in [3.8, 4) is 0 Å². The molecule has 0 bridgehead atoms. The minimum Gasteiger partial charge on any atom is -0.478 e. The van der Waals surface area contributed by atoms with Crippen LogP contribution in [0.4, 0.5) is 0 Å². The van der Waals surface area contributed by atoms with Gasteiger partial charge in [0.05, 0.1) is 21.9 Å². The second-order valence-corrected chi connectivity index (χ2v) is 7.28. The first-order chi connectivity index (χ1) is 9.95. The number of aromatic carboxylic acids is 1. The van der Waals surface area contributed by atoms with Crippen molar-refractivity contribution < 1.29 is 18.3 Å². The smallest absolute Gasteiger partial charge is 0.335 e. The highest BCUT2D eigenvalue weighted by atomic mass is 32.2. The molecular weight excluding hydrogens is 312 g/mol. The van der Waals surface area contributed by atoms with Crippen LogP contribution in [-0.4, -0.2) is 28.9 Å². The van der Waals surface area contributed by atoms with Gasteiger partial charge in [0, 0.05) is 17.8 Å². The number of carboxylic acids is 1. The van der Waals surface area contributed by atoms with E-state index in [0.717, 1.165) is 4.96 Å². The number of rotatable bonds is 4. The number of hydrogen-bond acceptors (Lipinski definition) is 5. The molecule has 0 aliphatic heterocycles. The molecule has 2 heterocycles. The quantitative estimate of drug-likeness (QED) is 0.794. The molecule has 0 aliphatic carbocycles. The summed E-state index contributed by atoms with van der Waals surface area (Å²) in [7, 11) is -3.55. The summed E-state index contributed by atoms with van der Waals surface area (Å²) in [5.41, 5.74) is 0.514. The molecule has 0 unspecified atom stereocenters. The van der Waals surface area contributed by atoms with E-state index in [1.165, 1.54) is 35.6 Å². The lowest BCUT2D eigenvalue weighted by atomic mass is 10.2. The van der Waals surface area contributed by atoms with Crippen molar-refractivity contribution in [3.05, 3.63) is 53.3 Å². The Labute approximate surface area is 124 Å². The summed E-state index contributed by atoms with van der Waals surface area (Å²) in [5.74, 6) is -1.30. The molecule has 0 amide bonds. The van der Waals surface area contributed by atoms with Crippen molar-refractivity contribution in [2.75, 3.05) is 0 Å². The van der Waals surface area contributed by atoms with E-state index >= 15 is 0 Å². The Hall–Kier alpha value is -2.19. The summed E-state index contributed by atoms with van der Waals surface area (Å²) in [6, 6.07) is 5.16. The molecule has 0 spiro atoms. The number of imidazole rings is 1. The first kappa shape index (κ1) is 13.8. The molecule has 0 radical (unpaired) electrons. The minimum absolute atomic E-state index is 0.0523. The van der Waals surface area contributed by atoms with Gasteiger partial charge in [-0.1, -0.05) is 0 Å². The van der Waals surface area contributed by atoms with Crippen LogP contribution in [0.1, 0.15) is 16.1 Å². The first-order valence-electron chi connectivity index (χ1n) is 5.93. The number of fused-ring (bicyclic) bond motifs is 1. The Bertz CT molecular complexity index is 879. The fourth-order valence-corrected chi connectivity index (χ4v) is 3.89. The number of carbonyl (C=O) groups is 1. The molecule has 6 nitrogen and oxygen atoms in total. The van der Waals surface area contributed by atoms with Gasteiger partial charge < -0.3 is 5.11 Å². The third kappa shape index (κ3) is 2.67. The van der Waals surface area contributed by atoms with Crippen LogP contribution in [0.25, 0.3) is 4.96 Å². The van der Waals surface area contributed by atoms with Crippen LogP contribution in [0.5, 0.6) is 0 Å². The molecule has 2 aromatic heterocycles. The maximum absolute atomic E-state index is 12.3. The van der Waals surface area contributed by atoms with Crippen LogP contribution >= 0.6 is 11.3 Å². The van der Waals surface area contributed by atoms with E-state index in [9.17, 15) is 13.2 Å². The number of carboxylic acid groups (broad SMARTS) is 1. The molecule has 8 heteroatoms. The van der Waals surface area contributed by atoms with Crippen molar-refractivity contribution in [2.24, 2.45) is 0 Å². The molecule has 1 N–H and O–H groups in total. The van der Waals surface area contributed by atoms with E-state index in [1.807, 2.05) is 11.6 Å². The molecule has 108 valence electrons. The van der Waals surface area contributed by atoms with Crippen molar-refractivity contribution in [2.45, 2.75) is 10.6 Å². The second kappa shape index (κ2) is 4.97. The Balaban J connectivity index is 1.89. The number of sulfone groups is 1. The first-order valence-corrected chi connectivity index (χ1v) is 8.46. The average molecular weight is 322 g/mol. The Kier molecular flexibility index (Phi) is 3.26. The molecule has 0 saturated heterocycles. The van der Waals surface area contributed by atoms with E-state index in [1.54, 1.807) is 10.6 Å². The van der Waals surface area contributed by atoms with Crippen molar-refractivity contribution in [1.29, 1.82) is 0 Å². The van der Waals surface area contributed by atoms with Gasteiger partial charge in [0.15, 0.2) is 14.8 Å². The zero-order valence-electron chi connectivity index (χ0n) is 10.6. The molecule has 3 rings (SSSR count). The lowest BCUT2D eigenvalue weighted by Gasteiger charge is -2.03. The largest absolute Gasteiger partial charge is 0.478 e. The maximum atomic E-state index is 12.3. The summed E-state index contributed by atoms with van der Waals surface area (Å²) >= 11 is 1.43. The van der Waals surface area contributed by atoms with Crippen molar-refractivity contribution in [1.82, 2.24) is 9.38 Å². The predicted molar refractivity (Wildman–Crippen MR) is 77.4 cm³/mol. The highest BCUT2D eigenvalue weighted by molar-refractivity contribution is 7.90. The number of benzene rings is 1. The third-order valence-corrected chi connectivity index (χ3v) is 5.38. The SMILES string of the molecule is O=C(O)c1ccc(S(=O)(=O)Cc2cn3ccsc3n2)cc1. The van der Waals surface area contributed by atoms with Crippen LogP contribution in [0.3, 0.4) is 0 Å². The fourth-order valence-electron chi connectivity index (χ4n) is 1.93. The third-order valence-electron chi connectivity index (χ3n) is 2.94. The molecule has 0 fully saturated rings. The van der Waals surface area contributed by atoms with E-state index in [4.69, 9.17) is 5.11 Å². The molecule has 0 aliphatic rings. The Morgan fingerprint density at radius 3 is 2.62 bits per heavy atom. The Morgan fingerprint density at radius 2 is 2.00 bits per heavy atom. The molecule has 0 atom stereocenters. The Morgan fingerprint density at radius 1 is 1.29 bits per heavy atom. The number of hydrogen-bond donors (Lipinski definition) is 1. The minimum atomic E-state index is -3.55. The standard InChI is InChI=1S/C13H10N2O4S2/c16-12(17)9-1-3-11(4-2-9)21(18,19)8-10-7-15-5-6-20-13(15)14-10/h1-7H,8H2,(H,16,17). The van der Waals surface area contributed by atoms with E-state index in [0.29, 0.717) is 5.69 Å². The summed E-state index contributed by atoms with van der Waals surface area (Å²) < 4.78 is 26.3. The van der Waals surface area contributed by atoms with Crippen LogP contribution < -0.4 is 0 Å². The number of nitrogens with zero attached hydrogens (tertiary/aromatic N) is 2. The van der Waals surface area contributed by atoms with Crippen LogP contribution in [0.2, 0.25) is 0 Å². The monoisotopic (exact) mass is 322 g/mol. The summed E-state index contributed by atoms with van der Waals surface area (Å²) in [6.45, 7) is 0. The van der Waals surface area contributed by atoms with Gasteiger partial charge in [-0.3, -0.25) is 4.40 Å². The van der Waals surface area contributed by atoms with Gasteiger partial charge in [0.2, 0.25) is 0 Å². The van der Waals surface area contributed by atoms with E-state index in [2.05, 4.69) is 4.98 Å². The molecule has 3 aromatic rings. The highest BCUT2D eigenvalue weighted by Gasteiger charge is 2.18. The predicted octanol–water partition coefficient (Wildman–Crippen LogP) is 2.07. The van der Waals surface area contributed by atoms with Gasteiger partial charge in [0.1, 0.15) is 0 Å². The van der Waals surface area contributed by atoms with Gasteiger partial charge in [-0.05, 0) is 24.3 Å². The fraction of sp³-hybridized carbons (Fsp3) is 0.0769. The lowest BCUT2D eigenvalue weighted by molar-refractivity contribution is 0.0696. The van der Waals surface area contributed by atoms with Gasteiger partial charge in [0.25, 0.3) is 0 Å². The van der Waals surface area contributed by atoms with E-state index in [-0.39, 0.29) is 16.2 Å². The lowest BCUT2D eigenvalue weighted by Crippen LogP contribution is -2.06. The van der Waals surface area contributed by atoms with E-state index < -0.39 is 15.8 Å². The number of aromatic nitrogens is 2. The van der Waals surface area contributed by atoms with Crippen LogP contribution in [-0.2, 0) is 15.6 Å². The normalized spacial score (nSPS) is 11.8. The number of thiazole rings is 1. The molecule has 0 saturated carbocycles. The van der Waals surface area contributed by atoms with Crippen LogP contribution in [0.15, 0.2) is 46.9 Å². The van der Waals surface area contributed by atoms with Crippen molar-refractivity contribution >= 4 is 32.1 Å². The topological polar surface area (TPSA) is 88.7 Å². The average Bonchev–Trinajstić information content (AvgIpc) is 2.99. The maximum Gasteiger partial charge on any atom is 0.335 e. The van der Waals surface area contributed by atoms with Gasteiger partial charge in [-0.15, -0.1) is 11.3 Å². The molecular formula is C13H10N2O4S2. The van der Waals surface area contributed by atoms with Gasteiger partial charge in [-0.25, -0.2) is 18.2 Å². The summed E-state index contributed by atoms with van der Waals surface area (Å²) in [6.07, 6.45) is 3.49.